The lowest BCUT2D eigenvalue weighted by atomic mass is 9.93. The van der Waals surface area contributed by atoms with Crippen molar-refractivity contribution in [3.05, 3.63) is 29.6 Å². The van der Waals surface area contributed by atoms with E-state index < -0.39 is 0 Å². The van der Waals surface area contributed by atoms with Crippen LogP contribution in [0, 0.1) is 6.92 Å². The highest BCUT2D eigenvalue weighted by atomic mass is 16.5. The summed E-state index contributed by atoms with van der Waals surface area (Å²) in [6.45, 7) is 7.25. The maximum absolute atomic E-state index is 12.9. The van der Waals surface area contributed by atoms with Crippen molar-refractivity contribution >= 4 is 11.7 Å². The molecule has 1 aliphatic heterocycles. The molecule has 1 aromatic carbocycles. The van der Waals surface area contributed by atoms with Crippen LogP contribution in [-0.2, 0) is 6.42 Å². The number of rotatable bonds is 5. The summed E-state index contributed by atoms with van der Waals surface area (Å²) in [6.07, 6.45) is 3.51. The third-order valence-electron chi connectivity index (χ3n) is 5.39. The van der Waals surface area contributed by atoms with Gasteiger partial charge in [-0.05, 0) is 43.9 Å². The molecule has 1 atom stereocenters. The van der Waals surface area contributed by atoms with Crippen molar-refractivity contribution in [3.8, 4) is 11.5 Å². The van der Waals surface area contributed by atoms with Crippen molar-refractivity contribution < 1.29 is 9.32 Å². The molecule has 3 rings (SSSR count). The predicted molar refractivity (Wildman–Crippen MR) is 101 cm³/mol. The second kappa shape index (κ2) is 7.45. The lowest BCUT2D eigenvalue weighted by molar-refractivity contribution is 0.157. The van der Waals surface area contributed by atoms with Crippen LogP contribution in [0.1, 0.15) is 44.5 Å². The number of nitrogens with zero attached hydrogens (tertiary/aromatic N) is 3. The zero-order valence-electron chi connectivity index (χ0n) is 15.7. The minimum atomic E-state index is -0.238. The second-order valence-electron chi connectivity index (χ2n) is 6.87. The van der Waals surface area contributed by atoms with E-state index in [1.807, 2.05) is 36.9 Å². The largest absolute Gasteiger partial charge is 0.334 e. The van der Waals surface area contributed by atoms with Gasteiger partial charge in [0.2, 0.25) is 0 Å². The number of carbonyl (C=O) groups excluding carboxylic acids is 1. The quantitative estimate of drug-likeness (QED) is 0.855. The number of aryl methyl sites for hydroxylation is 2. The normalized spacial score (nSPS) is 19.8. The molecule has 2 heterocycles. The molecule has 0 bridgehead atoms. The lowest BCUT2D eigenvalue weighted by Gasteiger charge is -2.37. The number of likely N-dealkylation sites (tertiary alicyclic amines) is 1. The molecule has 2 aromatic rings. The molecular weight excluding hydrogens is 330 g/mol. The molecule has 2 amide bonds. The molecule has 140 valence electrons. The summed E-state index contributed by atoms with van der Waals surface area (Å²) < 4.78 is 5.31. The van der Waals surface area contributed by atoms with Crippen LogP contribution in [0.4, 0.5) is 10.5 Å². The van der Waals surface area contributed by atoms with Crippen LogP contribution >= 0.6 is 0 Å². The van der Waals surface area contributed by atoms with Crippen molar-refractivity contribution in [2.24, 2.45) is 5.73 Å². The van der Waals surface area contributed by atoms with E-state index >= 15 is 0 Å². The Hall–Kier alpha value is -2.41. The summed E-state index contributed by atoms with van der Waals surface area (Å²) in [7, 11) is 0. The molecule has 0 aliphatic carbocycles. The van der Waals surface area contributed by atoms with Gasteiger partial charge in [0.15, 0.2) is 5.82 Å². The number of aromatic nitrogens is 2. The molecule has 1 unspecified atom stereocenters. The zero-order chi connectivity index (χ0) is 18.7. The lowest BCUT2D eigenvalue weighted by Crippen LogP contribution is -2.53. The van der Waals surface area contributed by atoms with Gasteiger partial charge in [-0.25, -0.2) is 4.79 Å². The fraction of sp³-hybridized carbons (Fsp3) is 0.526. The fourth-order valence-corrected chi connectivity index (χ4v) is 3.57. The van der Waals surface area contributed by atoms with Crippen LogP contribution in [0.15, 0.2) is 22.7 Å². The average molecular weight is 357 g/mol. The summed E-state index contributed by atoms with van der Waals surface area (Å²) in [6, 6.07) is 5.65. The monoisotopic (exact) mass is 357 g/mol. The van der Waals surface area contributed by atoms with Gasteiger partial charge >= 0.3 is 6.03 Å². The van der Waals surface area contributed by atoms with E-state index in [2.05, 4.69) is 22.4 Å². The van der Waals surface area contributed by atoms with Crippen LogP contribution in [0.3, 0.4) is 0 Å². The van der Waals surface area contributed by atoms with Crippen LogP contribution < -0.4 is 11.1 Å². The Morgan fingerprint density at radius 2 is 2.23 bits per heavy atom. The van der Waals surface area contributed by atoms with E-state index in [1.54, 1.807) is 0 Å². The van der Waals surface area contributed by atoms with Crippen molar-refractivity contribution in [2.45, 2.75) is 52.0 Å². The van der Waals surface area contributed by atoms with Crippen LogP contribution in [0.5, 0.6) is 0 Å². The van der Waals surface area contributed by atoms with E-state index in [0.717, 1.165) is 42.6 Å². The Labute approximate surface area is 153 Å². The van der Waals surface area contributed by atoms with Crippen molar-refractivity contribution in [1.29, 1.82) is 0 Å². The van der Waals surface area contributed by atoms with Crippen molar-refractivity contribution in [2.75, 3.05) is 18.4 Å². The fourth-order valence-electron chi connectivity index (χ4n) is 3.57. The maximum atomic E-state index is 12.9. The highest BCUT2D eigenvalue weighted by Gasteiger charge is 2.41. The molecule has 0 spiro atoms. The van der Waals surface area contributed by atoms with E-state index in [4.69, 9.17) is 10.3 Å². The van der Waals surface area contributed by atoms with Gasteiger partial charge in [-0.1, -0.05) is 25.1 Å². The highest BCUT2D eigenvalue weighted by Crippen LogP contribution is 2.32. The molecule has 26 heavy (non-hydrogen) atoms. The minimum Gasteiger partial charge on any atom is -0.334 e. The number of amides is 2. The minimum absolute atomic E-state index is 0.102. The Balaban J connectivity index is 1.83. The average Bonchev–Trinajstić information content (AvgIpc) is 3.30. The second-order valence-corrected chi connectivity index (χ2v) is 6.87. The Morgan fingerprint density at radius 3 is 2.88 bits per heavy atom. The first-order valence-corrected chi connectivity index (χ1v) is 9.25. The standard InChI is InChI=1S/C19H27N5O2/c1-4-16-22-17(26-23-16)14-8-7-13(3)15(11-14)21-18(25)24-10-6-9-19(24,5-2)12-20/h7-8,11H,4-6,9-10,12,20H2,1-3H3,(H,21,25). The summed E-state index contributed by atoms with van der Waals surface area (Å²) in [4.78, 5) is 19.2. The molecule has 7 nitrogen and oxygen atoms in total. The number of hydrogen-bond donors (Lipinski definition) is 2. The molecule has 1 fully saturated rings. The van der Waals surface area contributed by atoms with Gasteiger partial charge in [-0.3, -0.25) is 0 Å². The number of benzene rings is 1. The number of urea groups is 1. The van der Waals surface area contributed by atoms with Crippen molar-refractivity contribution in [1.82, 2.24) is 15.0 Å². The molecule has 1 aromatic heterocycles. The van der Waals surface area contributed by atoms with Gasteiger partial charge < -0.3 is 20.5 Å². The number of anilines is 1. The number of hydrogen-bond acceptors (Lipinski definition) is 5. The summed E-state index contributed by atoms with van der Waals surface area (Å²) in [5, 5.41) is 6.98. The number of carbonyl (C=O) groups is 1. The Bertz CT molecular complexity index is 782. The first-order valence-electron chi connectivity index (χ1n) is 9.25. The summed E-state index contributed by atoms with van der Waals surface area (Å²) in [5.74, 6) is 1.13. The molecule has 3 N–H and O–H groups in total. The first-order chi connectivity index (χ1) is 12.5. The van der Waals surface area contributed by atoms with Crippen molar-refractivity contribution in [3.63, 3.8) is 0 Å². The Kier molecular flexibility index (Phi) is 5.27. The van der Waals surface area contributed by atoms with Gasteiger partial charge in [0.25, 0.3) is 5.89 Å². The highest BCUT2D eigenvalue weighted by molar-refractivity contribution is 5.91. The van der Waals surface area contributed by atoms with E-state index in [9.17, 15) is 4.79 Å². The molecule has 1 aliphatic rings. The van der Waals surface area contributed by atoms with Crippen LogP contribution in [0.25, 0.3) is 11.5 Å². The van der Waals surface area contributed by atoms with Gasteiger partial charge in [-0.2, -0.15) is 4.98 Å². The number of nitrogens with one attached hydrogen (secondary N) is 1. The van der Waals surface area contributed by atoms with Gasteiger partial charge in [0.05, 0.1) is 5.54 Å². The summed E-state index contributed by atoms with van der Waals surface area (Å²) in [5.41, 5.74) is 8.28. The molecule has 0 saturated carbocycles. The van der Waals surface area contributed by atoms with Gasteiger partial charge in [0, 0.05) is 30.8 Å². The molecular formula is C19H27N5O2. The van der Waals surface area contributed by atoms with E-state index in [1.165, 1.54) is 0 Å². The molecule has 1 saturated heterocycles. The third kappa shape index (κ3) is 3.31. The third-order valence-corrected chi connectivity index (χ3v) is 5.39. The first kappa shape index (κ1) is 18.4. The van der Waals surface area contributed by atoms with Gasteiger partial charge in [0.1, 0.15) is 0 Å². The molecule has 0 radical (unpaired) electrons. The van der Waals surface area contributed by atoms with E-state index in [-0.39, 0.29) is 11.6 Å². The van der Waals surface area contributed by atoms with Crippen LogP contribution in [-0.4, -0.2) is 39.7 Å². The summed E-state index contributed by atoms with van der Waals surface area (Å²) >= 11 is 0. The number of nitrogens with two attached hydrogens (primary N) is 1. The van der Waals surface area contributed by atoms with Crippen LogP contribution in [0.2, 0.25) is 0 Å². The Morgan fingerprint density at radius 1 is 1.42 bits per heavy atom. The maximum Gasteiger partial charge on any atom is 0.322 e. The van der Waals surface area contributed by atoms with E-state index in [0.29, 0.717) is 24.7 Å². The zero-order valence-corrected chi connectivity index (χ0v) is 15.7. The SMILES string of the molecule is CCc1noc(-c2ccc(C)c(NC(=O)N3CCCC3(CC)CN)c2)n1. The predicted octanol–water partition coefficient (Wildman–Crippen LogP) is 3.34. The topological polar surface area (TPSA) is 97.3 Å². The molecule has 7 heteroatoms. The van der Waals surface area contributed by atoms with Gasteiger partial charge in [-0.15, -0.1) is 0 Å². The smallest absolute Gasteiger partial charge is 0.322 e.